The molecule has 6 heteroatoms. The van der Waals surface area contributed by atoms with Crippen molar-refractivity contribution in [2.24, 2.45) is 0 Å². The summed E-state index contributed by atoms with van der Waals surface area (Å²) in [6.45, 7) is 3.50. The minimum atomic E-state index is -0.155. The smallest absolute Gasteiger partial charge is 0.255 e. The highest BCUT2D eigenvalue weighted by molar-refractivity contribution is 6.04. The van der Waals surface area contributed by atoms with Crippen molar-refractivity contribution in [1.82, 2.24) is 19.6 Å². The summed E-state index contributed by atoms with van der Waals surface area (Å²) in [5.41, 5.74) is 4.55. The van der Waals surface area contributed by atoms with E-state index in [1.54, 1.807) is 10.9 Å². The SMILES string of the molecule is CCn1cc(Cn2cc(NC(=O)c3ccc(-c4ccccc4)cc3)cn2)cn1. The van der Waals surface area contributed by atoms with Crippen LogP contribution in [0.4, 0.5) is 5.69 Å². The van der Waals surface area contributed by atoms with Crippen LogP contribution in [-0.4, -0.2) is 25.5 Å². The molecule has 0 aliphatic heterocycles. The number of carbonyl (C=O) groups excluding carboxylic acids is 1. The van der Waals surface area contributed by atoms with Crippen LogP contribution < -0.4 is 5.32 Å². The van der Waals surface area contributed by atoms with E-state index in [0.29, 0.717) is 17.8 Å². The third-order valence-corrected chi connectivity index (χ3v) is 4.50. The van der Waals surface area contributed by atoms with E-state index in [1.165, 1.54) is 0 Å². The number of hydrogen-bond donors (Lipinski definition) is 1. The van der Waals surface area contributed by atoms with Crippen molar-refractivity contribution in [3.8, 4) is 11.1 Å². The molecule has 0 atom stereocenters. The van der Waals surface area contributed by atoms with Gasteiger partial charge in [0.15, 0.2) is 0 Å². The predicted molar refractivity (Wildman–Crippen MR) is 109 cm³/mol. The summed E-state index contributed by atoms with van der Waals surface area (Å²) in [4.78, 5) is 12.5. The van der Waals surface area contributed by atoms with Gasteiger partial charge in [0, 0.05) is 30.1 Å². The monoisotopic (exact) mass is 371 g/mol. The number of aryl methyl sites for hydroxylation is 1. The van der Waals surface area contributed by atoms with Crippen LogP contribution in [0.2, 0.25) is 0 Å². The van der Waals surface area contributed by atoms with Gasteiger partial charge in [0.1, 0.15) is 0 Å². The lowest BCUT2D eigenvalue weighted by atomic mass is 10.0. The molecule has 1 amide bonds. The molecule has 0 fully saturated rings. The Bertz CT molecular complexity index is 1060. The molecule has 28 heavy (non-hydrogen) atoms. The third-order valence-electron chi connectivity index (χ3n) is 4.50. The second-order valence-corrected chi connectivity index (χ2v) is 6.53. The van der Waals surface area contributed by atoms with Crippen molar-refractivity contribution in [2.45, 2.75) is 20.0 Å². The Morgan fingerprint density at radius 2 is 1.61 bits per heavy atom. The Morgan fingerprint density at radius 3 is 2.32 bits per heavy atom. The first-order valence-corrected chi connectivity index (χ1v) is 9.22. The number of nitrogens with one attached hydrogen (secondary N) is 1. The number of nitrogens with zero attached hydrogens (tertiary/aromatic N) is 4. The average Bonchev–Trinajstić information content (AvgIpc) is 3.38. The van der Waals surface area contributed by atoms with Crippen LogP contribution in [0.1, 0.15) is 22.8 Å². The quantitative estimate of drug-likeness (QED) is 0.556. The number of rotatable bonds is 6. The number of benzene rings is 2. The van der Waals surface area contributed by atoms with Gasteiger partial charge in [0.2, 0.25) is 0 Å². The predicted octanol–water partition coefficient (Wildman–Crippen LogP) is 4.07. The zero-order chi connectivity index (χ0) is 19.3. The lowest BCUT2D eigenvalue weighted by molar-refractivity contribution is 0.102. The number of hydrogen-bond acceptors (Lipinski definition) is 3. The maximum Gasteiger partial charge on any atom is 0.255 e. The molecule has 0 aliphatic carbocycles. The highest BCUT2D eigenvalue weighted by Gasteiger charge is 2.09. The minimum Gasteiger partial charge on any atom is -0.319 e. The topological polar surface area (TPSA) is 64.7 Å². The first-order chi connectivity index (χ1) is 13.7. The fraction of sp³-hybridized carbons (Fsp3) is 0.136. The molecule has 0 unspecified atom stereocenters. The lowest BCUT2D eigenvalue weighted by Crippen LogP contribution is -2.11. The molecule has 6 nitrogen and oxygen atoms in total. The second-order valence-electron chi connectivity index (χ2n) is 6.53. The van der Waals surface area contributed by atoms with Crippen molar-refractivity contribution >= 4 is 11.6 Å². The molecule has 0 radical (unpaired) electrons. The number of aromatic nitrogens is 4. The van der Waals surface area contributed by atoms with Crippen LogP contribution in [0.25, 0.3) is 11.1 Å². The van der Waals surface area contributed by atoms with E-state index in [-0.39, 0.29) is 5.91 Å². The molecule has 0 aliphatic rings. The highest BCUT2D eigenvalue weighted by atomic mass is 16.1. The Kier molecular flexibility index (Phi) is 5.01. The van der Waals surface area contributed by atoms with E-state index < -0.39 is 0 Å². The van der Waals surface area contributed by atoms with Crippen LogP contribution in [0.15, 0.2) is 79.4 Å². The Labute approximate surface area is 163 Å². The Balaban J connectivity index is 1.40. The van der Waals surface area contributed by atoms with E-state index >= 15 is 0 Å². The van der Waals surface area contributed by atoms with Crippen LogP contribution >= 0.6 is 0 Å². The molecule has 0 bridgehead atoms. The summed E-state index contributed by atoms with van der Waals surface area (Å²) >= 11 is 0. The summed E-state index contributed by atoms with van der Waals surface area (Å²) in [5.74, 6) is -0.155. The molecule has 2 heterocycles. The highest BCUT2D eigenvalue weighted by Crippen LogP contribution is 2.19. The maximum atomic E-state index is 12.5. The molecule has 1 N–H and O–H groups in total. The van der Waals surface area contributed by atoms with E-state index in [2.05, 4.69) is 15.5 Å². The van der Waals surface area contributed by atoms with Gasteiger partial charge in [0.05, 0.1) is 24.6 Å². The summed E-state index contributed by atoms with van der Waals surface area (Å²) in [5, 5.41) is 11.5. The van der Waals surface area contributed by atoms with E-state index in [9.17, 15) is 4.79 Å². The average molecular weight is 371 g/mol. The van der Waals surface area contributed by atoms with Gasteiger partial charge in [-0.15, -0.1) is 0 Å². The lowest BCUT2D eigenvalue weighted by Gasteiger charge is -2.05. The van der Waals surface area contributed by atoms with Crippen molar-refractivity contribution in [2.75, 3.05) is 5.32 Å². The van der Waals surface area contributed by atoms with Crippen LogP contribution in [0.5, 0.6) is 0 Å². The molecule has 140 valence electrons. The van der Waals surface area contributed by atoms with Gasteiger partial charge in [-0.25, -0.2) is 0 Å². The molecule has 4 rings (SSSR count). The summed E-state index contributed by atoms with van der Waals surface area (Å²) in [6, 6.07) is 17.7. The summed E-state index contributed by atoms with van der Waals surface area (Å²) < 4.78 is 3.66. The van der Waals surface area contributed by atoms with E-state index in [0.717, 1.165) is 23.2 Å². The van der Waals surface area contributed by atoms with Gasteiger partial charge in [-0.05, 0) is 30.2 Å². The normalized spacial score (nSPS) is 10.8. The number of anilines is 1. The van der Waals surface area contributed by atoms with Crippen molar-refractivity contribution in [1.29, 1.82) is 0 Å². The molecule has 4 aromatic rings. The van der Waals surface area contributed by atoms with E-state index in [4.69, 9.17) is 0 Å². The van der Waals surface area contributed by atoms with Crippen molar-refractivity contribution < 1.29 is 4.79 Å². The van der Waals surface area contributed by atoms with Gasteiger partial charge < -0.3 is 5.32 Å². The Morgan fingerprint density at radius 1 is 0.893 bits per heavy atom. The van der Waals surface area contributed by atoms with Gasteiger partial charge >= 0.3 is 0 Å². The number of carbonyl (C=O) groups is 1. The fourth-order valence-electron chi connectivity index (χ4n) is 3.01. The van der Waals surface area contributed by atoms with Gasteiger partial charge in [-0.2, -0.15) is 10.2 Å². The molecular formula is C22H21N5O. The minimum absolute atomic E-state index is 0.155. The summed E-state index contributed by atoms with van der Waals surface area (Å²) in [6.07, 6.45) is 7.30. The molecule has 2 aromatic heterocycles. The van der Waals surface area contributed by atoms with Crippen molar-refractivity contribution in [3.05, 3.63) is 90.5 Å². The third kappa shape index (κ3) is 4.01. The van der Waals surface area contributed by atoms with Gasteiger partial charge in [-0.3, -0.25) is 14.2 Å². The first kappa shape index (κ1) is 17.7. The summed E-state index contributed by atoms with van der Waals surface area (Å²) in [7, 11) is 0. The van der Waals surface area contributed by atoms with Crippen LogP contribution in [0.3, 0.4) is 0 Å². The Hall–Kier alpha value is -3.67. The standard InChI is InChI=1S/C22H21N5O/c1-2-26-14-17(12-23-26)15-27-16-21(13-24-27)25-22(28)20-10-8-19(9-11-20)18-6-4-3-5-7-18/h3-14,16H,2,15H2,1H3,(H,25,28). The number of amides is 1. The molecule has 0 spiro atoms. The fourth-order valence-corrected chi connectivity index (χ4v) is 3.01. The van der Waals surface area contributed by atoms with Crippen LogP contribution in [0, 0.1) is 0 Å². The van der Waals surface area contributed by atoms with Gasteiger partial charge in [-0.1, -0.05) is 42.5 Å². The molecular weight excluding hydrogens is 350 g/mol. The van der Waals surface area contributed by atoms with Gasteiger partial charge in [0.25, 0.3) is 5.91 Å². The van der Waals surface area contributed by atoms with Crippen molar-refractivity contribution in [3.63, 3.8) is 0 Å². The maximum absolute atomic E-state index is 12.5. The molecule has 0 saturated heterocycles. The zero-order valence-electron chi connectivity index (χ0n) is 15.6. The molecule has 0 saturated carbocycles. The molecule has 2 aromatic carbocycles. The largest absolute Gasteiger partial charge is 0.319 e. The van der Waals surface area contributed by atoms with E-state index in [1.807, 2.05) is 84.8 Å². The van der Waals surface area contributed by atoms with Crippen LogP contribution in [-0.2, 0) is 13.1 Å². The first-order valence-electron chi connectivity index (χ1n) is 9.22. The zero-order valence-corrected chi connectivity index (χ0v) is 15.6. The second kappa shape index (κ2) is 7.92.